The molecule has 2 N–H and O–H groups in total. The van der Waals surface area contributed by atoms with Crippen molar-refractivity contribution >= 4 is 5.91 Å². The van der Waals surface area contributed by atoms with Crippen LogP contribution in [0.25, 0.3) is 0 Å². The van der Waals surface area contributed by atoms with Crippen molar-refractivity contribution in [1.29, 1.82) is 0 Å². The molecule has 2 rings (SSSR count). The van der Waals surface area contributed by atoms with Crippen molar-refractivity contribution < 1.29 is 4.79 Å². The maximum Gasteiger partial charge on any atom is 0.234 e. The smallest absolute Gasteiger partial charge is 0.234 e. The van der Waals surface area contributed by atoms with E-state index in [1.165, 1.54) is 12.8 Å². The Morgan fingerprint density at radius 1 is 1.40 bits per heavy atom. The van der Waals surface area contributed by atoms with Gasteiger partial charge in [-0.3, -0.25) is 9.69 Å². The highest BCUT2D eigenvalue weighted by Crippen LogP contribution is 2.15. The number of hydrogen-bond acceptors (Lipinski definition) is 3. The van der Waals surface area contributed by atoms with Crippen molar-refractivity contribution in [2.75, 3.05) is 32.7 Å². The van der Waals surface area contributed by atoms with E-state index in [4.69, 9.17) is 0 Å². The molecule has 2 heterocycles. The average molecular weight is 211 g/mol. The molecule has 1 atom stereocenters. The van der Waals surface area contributed by atoms with E-state index in [1.807, 2.05) is 0 Å². The quantitative estimate of drug-likeness (QED) is 0.665. The molecule has 2 aliphatic rings. The van der Waals surface area contributed by atoms with Crippen LogP contribution in [0.5, 0.6) is 0 Å². The molecule has 2 fully saturated rings. The predicted octanol–water partition coefficient (Wildman–Crippen LogP) is -0.194. The molecule has 0 aromatic rings. The first kappa shape index (κ1) is 10.9. The fourth-order valence-corrected chi connectivity index (χ4v) is 2.43. The number of rotatable bonds is 2. The number of carbonyl (C=O) groups is 1. The van der Waals surface area contributed by atoms with Crippen LogP contribution < -0.4 is 10.6 Å². The van der Waals surface area contributed by atoms with Crippen molar-refractivity contribution in [2.45, 2.75) is 25.8 Å². The van der Waals surface area contributed by atoms with Crippen LogP contribution in [0.1, 0.15) is 19.8 Å². The summed E-state index contributed by atoms with van der Waals surface area (Å²) >= 11 is 0. The second-order valence-electron chi connectivity index (χ2n) is 4.78. The zero-order valence-corrected chi connectivity index (χ0v) is 9.46. The number of nitrogens with zero attached hydrogens (tertiary/aromatic N) is 1. The topological polar surface area (TPSA) is 44.4 Å². The van der Waals surface area contributed by atoms with Gasteiger partial charge in [-0.15, -0.1) is 0 Å². The van der Waals surface area contributed by atoms with E-state index in [2.05, 4.69) is 22.5 Å². The Bertz CT molecular complexity index is 226. The lowest BCUT2D eigenvalue weighted by Crippen LogP contribution is -2.54. The van der Waals surface area contributed by atoms with E-state index >= 15 is 0 Å². The monoisotopic (exact) mass is 211 g/mol. The molecule has 0 aliphatic carbocycles. The molecule has 4 nitrogen and oxygen atoms in total. The first-order chi connectivity index (χ1) is 7.25. The number of carbonyl (C=O) groups excluding carboxylic acids is 1. The van der Waals surface area contributed by atoms with Gasteiger partial charge in [0.15, 0.2) is 0 Å². The van der Waals surface area contributed by atoms with Crippen LogP contribution in [0.3, 0.4) is 0 Å². The van der Waals surface area contributed by atoms with Crippen molar-refractivity contribution in [3.8, 4) is 0 Å². The van der Waals surface area contributed by atoms with Gasteiger partial charge >= 0.3 is 0 Å². The summed E-state index contributed by atoms with van der Waals surface area (Å²) in [6, 6.07) is 0.498. The summed E-state index contributed by atoms with van der Waals surface area (Å²) in [5.41, 5.74) is 0. The summed E-state index contributed by atoms with van der Waals surface area (Å²) < 4.78 is 0. The van der Waals surface area contributed by atoms with E-state index in [-0.39, 0.29) is 5.91 Å². The molecular weight excluding hydrogens is 190 g/mol. The minimum Gasteiger partial charge on any atom is -0.353 e. The molecule has 15 heavy (non-hydrogen) atoms. The Morgan fingerprint density at radius 3 is 2.87 bits per heavy atom. The molecule has 0 bridgehead atoms. The van der Waals surface area contributed by atoms with Gasteiger partial charge in [0.2, 0.25) is 5.91 Å². The molecule has 1 amide bonds. The number of piperazine rings is 1. The molecule has 0 radical (unpaired) electrons. The Hall–Kier alpha value is -0.610. The number of amides is 1. The minimum atomic E-state index is 0.182. The Balaban J connectivity index is 1.83. The molecule has 0 spiro atoms. The second-order valence-corrected chi connectivity index (χ2v) is 4.78. The molecule has 2 saturated heterocycles. The standard InChI is InChI=1S/C11H21N3O/c1-9-6-13-11(15)8-14(9)7-10-2-4-12-5-3-10/h9-10,12H,2-8H2,1H3,(H,13,15). The summed E-state index contributed by atoms with van der Waals surface area (Å²) in [5, 5.41) is 6.28. The van der Waals surface area contributed by atoms with Crippen LogP contribution in [0.4, 0.5) is 0 Å². The highest BCUT2D eigenvalue weighted by molar-refractivity contribution is 5.78. The Kier molecular flexibility index (Phi) is 3.59. The molecule has 4 heteroatoms. The van der Waals surface area contributed by atoms with Crippen molar-refractivity contribution in [3.05, 3.63) is 0 Å². The van der Waals surface area contributed by atoms with Crippen molar-refractivity contribution in [3.63, 3.8) is 0 Å². The van der Waals surface area contributed by atoms with Gasteiger partial charge in [0.1, 0.15) is 0 Å². The number of piperidine rings is 1. The summed E-state index contributed by atoms with van der Waals surface area (Å²) in [7, 11) is 0. The molecule has 0 aromatic carbocycles. The maximum atomic E-state index is 11.3. The maximum absolute atomic E-state index is 11.3. The average Bonchev–Trinajstić information content (AvgIpc) is 2.25. The SMILES string of the molecule is CC1CNC(=O)CN1CC1CCNCC1. The van der Waals surface area contributed by atoms with Gasteiger partial charge < -0.3 is 10.6 Å². The summed E-state index contributed by atoms with van der Waals surface area (Å²) in [5.74, 6) is 0.960. The van der Waals surface area contributed by atoms with Gasteiger partial charge in [0.25, 0.3) is 0 Å². The van der Waals surface area contributed by atoms with Gasteiger partial charge in [-0.1, -0.05) is 0 Å². The lowest BCUT2D eigenvalue weighted by molar-refractivity contribution is -0.125. The third kappa shape index (κ3) is 2.92. The van der Waals surface area contributed by atoms with Crippen molar-refractivity contribution in [1.82, 2.24) is 15.5 Å². The summed E-state index contributed by atoms with van der Waals surface area (Å²) in [6.07, 6.45) is 2.51. The van der Waals surface area contributed by atoms with Crippen LogP contribution in [0.2, 0.25) is 0 Å². The lowest BCUT2D eigenvalue weighted by atomic mass is 9.96. The predicted molar refractivity (Wildman–Crippen MR) is 59.6 cm³/mol. The third-order valence-electron chi connectivity index (χ3n) is 3.52. The molecule has 0 aromatic heterocycles. The second kappa shape index (κ2) is 4.94. The normalized spacial score (nSPS) is 30.2. The molecular formula is C11H21N3O. The third-order valence-corrected chi connectivity index (χ3v) is 3.52. The lowest BCUT2D eigenvalue weighted by Gasteiger charge is -2.36. The molecule has 1 unspecified atom stereocenters. The van der Waals surface area contributed by atoms with Gasteiger partial charge in [-0.05, 0) is 38.8 Å². The molecule has 86 valence electrons. The van der Waals surface area contributed by atoms with Gasteiger partial charge in [0, 0.05) is 19.1 Å². The fourth-order valence-electron chi connectivity index (χ4n) is 2.43. The van der Waals surface area contributed by atoms with E-state index in [1.54, 1.807) is 0 Å². The van der Waals surface area contributed by atoms with E-state index in [0.717, 1.165) is 32.1 Å². The van der Waals surface area contributed by atoms with Crippen LogP contribution >= 0.6 is 0 Å². The van der Waals surface area contributed by atoms with E-state index in [0.29, 0.717) is 12.6 Å². The largest absolute Gasteiger partial charge is 0.353 e. The van der Waals surface area contributed by atoms with E-state index in [9.17, 15) is 4.79 Å². The van der Waals surface area contributed by atoms with Crippen LogP contribution in [0, 0.1) is 5.92 Å². The molecule has 0 saturated carbocycles. The number of hydrogen-bond donors (Lipinski definition) is 2. The number of nitrogens with one attached hydrogen (secondary N) is 2. The van der Waals surface area contributed by atoms with Gasteiger partial charge in [-0.2, -0.15) is 0 Å². The molecule has 2 aliphatic heterocycles. The summed E-state index contributed by atoms with van der Waals surface area (Å²) in [4.78, 5) is 13.6. The van der Waals surface area contributed by atoms with E-state index < -0.39 is 0 Å². The summed E-state index contributed by atoms with van der Waals surface area (Å²) in [6.45, 7) is 6.96. The zero-order chi connectivity index (χ0) is 10.7. The van der Waals surface area contributed by atoms with Crippen LogP contribution in [-0.4, -0.2) is 49.6 Å². The Labute approximate surface area is 91.4 Å². The van der Waals surface area contributed by atoms with Gasteiger partial charge in [-0.25, -0.2) is 0 Å². The first-order valence-corrected chi connectivity index (χ1v) is 5.97. The minimum absolute atomic E-state index is 0.182. The first-order valence-electron chi connectivity index (χ1n) is 5.97. The zero-order valence-electron chi connectivity index (χ0n) is 9.46. The highest BCUT2D eigenvalue weighted by Gasteiger charge is 2.25. The Morgan fingerprint density at radius 2 is 2.13 bits per heavy atom. The van der Waals surface area contributed by atoms with Gasteiger partial charge in [0.05, 0.1) is 6.54 Å². The highest BCUT2D eigenvalue weighted by atomic mass is 16.2. The fraction of sp³-hybridized carbons (Fsp3) is 0.909. The van der Waals surface area contributed by atoms with Crippen LogP contribution in [-0.2, 0) is 4.79 Å². The van der Waals surface area contributed by atoms with Crippen molar-refractivity contribution in [2.24, 2.45) is 5.92 Å². The van der Waals surface area contributed by atoms with Crippen LogP contribution in [0.15, 0.2) is 0 Å².